The van der Waals surface area contributed by atoms with Crippen LogP contribution in [0.4, 0.5) is 16.0 Å². The first-order chi connectivity index (χ1) is 17.9. The van der Waals surface area contributed by atoms with Crippen LogP contribution in [0.3, 0.4) is 0 Å². The molecule has 2 heterocycles. The zero-order chi connectivity index (χ0) is 26.4. The maximum Gasteiger partial charge on any atom is 0.246 e. The van der Waals surface area contributed by atoms with E-state index in [4.69, 9.17) is 15.9 Å². The SMILES string of the molecule is C=CC(=O)N1CCCC(Nc2ncnc(N)c2C(=N)c2ccc(OCc3cccc(F)c3)c(C#N)c2)C1. The van der Waals surface area contributed by atoms with Gasteiger partial charge in [-0.15, -0.1) is 0 Å². The highest BCUT2D eigenvalue weighted by Crippen LogP contribution is 2.27. The third kappa shape index (κ3) is 5.90. The fourth-order valence-corrected chi connectivity index (χ4v) is 4.20. The number of benzene rings is 2. The van der Waals surface area contributed by atoms with Gasteiger partial charge in [-0.3, -0.25) is 10.2 Å². The standard InChI is InChI=1S/C27H26FN7O2/c1-2-23(36)35-10-4-7-21(14-35)34-27-24(26(31)32-16-33-27)25(30)18-8-9-22(19(12-18)13-29)37-15-17-5-3-6-20(28)11-17/h2-3,5-6,8-9,11-12,16,21,30H,1,4,7,10,14-15H2,(H3,31,32,33,34). The predicted molar refractivity (Wildman–Crippen MR) is 138 cm³/mol. The van der Waals surface area contributed by atoms with Crippen molar-refractivity contribution in [1.82, 2.24) is 14.9 Å². The molecule has 9 nitrogen and oxygen atoms in total. The van der Waals surface area contributed by atoms with E-state index in [0.717, 1.165) is 12.8 Å². The van der Waals surface area contributed by atoms with Crippen molar-refractivity contribution in [3.63, 3.8) is 0 Å². The van der Waals surface area contributed by atoms with Crippen molar-refractivity contribution in [3.8, 4) is 11.8 Å². The van der Waals surface area contributed by atoms with Crippen LogP contribution in [-0.2, 0) is 11.4 Å². The summed E-state index contributed by atoms with van der Waals surface area (Å²) in [6.07, 6.45) is 4.24. The van der Waals surface area contributed by atoms with Gasteiger partial charge in [0.05, 0.1) is 16.8 Å². The van der Waals surface area contributed by atoms with Crippen LogP contribution in [-0.4, -0.2) is 45.6 Å². The van der Waals surface area contributed by atoms with Crippen LogP contribution in [0.2, 0.25) is 0 Å². The summed E-state index contributed by atoms with van der Waals surface area (Å²) in [5.41, 5.74) is 7.75. The Kier molecular flexibility index (Phi) is 7.74. The fourth-order valence-electron chi connectivity index (χ4n) is 4.20. The summed E-state index contributed by atoms with van der Waals surface area (Å²) in [5.74, 6) is 0.298. The number of hydrogen-bond acceptors (Lipinski definition) is 8. The summed E-state index contributed by atoms with van der Waals surface area (Å²) in [6, 6.07) is 12.8. The number of nitrogen functional groups attached to an aromatic ring is 1. The molecule has 1 fully saturated rings. The monoisotopic (exact) mass is 499 g/mol. The van der Waals surface area contributed by atoms with Crippen molar-refractivity contribution >= 4 is 23.3 Å². The molecule has 3 aromatic rings. The van der Waals surface area contributed by atoms with E-state index in [1.54, 1.807) is 29.2 Å². The van der Waals surface area contributed by atoms with E-state index in [1.807, 2.05) is 0 Å². The van der Waals surface area contributed by atoms with Crippen molar-refractivity contribution < 1.29 is 13.9 Å². The van der Waals surface area contributed by atoms with E-state index in [1.165, 1.54) is 30.6 Å². The molecule has 188 valence electrons. The van der Waals surface area contributed by atoms with E-state index in [-0.39, 0.29) is 41.5 Å². The number of anilines is 2. The molecule has 1 unspecified atom stereocenters. The van der Waals surface area contributed by atoms with E-state index in [0.29, 0.717) is 41.3 Å². The second kappa shape index (κ2) is 11.3. The molecule has 0 radical (unpaired) electrons. The number of halogens is 1. The summed E-state index contributed by atoms with van der Waals surface area (Å²) < 4.78 is 19.2. The van der Waals surface area contributed by atoms with Crippen LogP contribution in [0.5, 0.6) is 5.75 Å². The van der Waals surface area contributed by atoms with Crippen LogP contribution >= 0.6 is 0 Å². The largest absolute Gasteiger partial charge is 0.488 e. The van der Waals surface area contributed by atoms with Crippen molar-refractivity contribution in [2.75, 3.05) is 24.1 Å². The Morgan fingerprint density at radius 2 is 2.19 bits per heavy atom. The first kappa shape index (κ1) is 25.3. The van der Waals surface area contributed by atoms with Crippen LogP contribution in [0.15, 0.2) is 61.4 Å². The Bertz CT molecular complexity index is 1390. The first-order valence-electron chi connectivity index (χ1n) is 11.7. The molecule has 1 aliphatic rings. The van der Waals surface area contributed by atoms with Gasteiger partial charge in [-0.05, 0) is 54.8 Å². The Hall–Kier alpha value is -4.78. The number of amides is 1. The second-order valence-electron chi connectivity index (χ2n) is 8.57. The van der Waals surface area contributed by atoms with E-state index in [2.05, 4.69) is 27.9 Å². The molecular weight excluding hydrogens is 473 g/mol. The Morgan fingerprint density at radius 1 is 1.35 bits per heavy atom. The maximum absolute atomic E-state index is 13.4. The number of nitrogens with one attached hydrogen (secondary N) is 2. The minimum Gasteiger partial charge on any atom is -0.488 e. The molecule has 1 aromatic heterocycles. The molecule has 1 saturated heterocycles. The van der Waals surface area contributed by atoms with E-state index in [9.17, 15) is 14.4 Å². The van der Waals surface area contributed by atoms with Gasteiger partial charge >= 0.3 is 0 Å². The quantitative estimate of drug-likeness (QED) is 0.317. The van der Waals surface area contributed by atoms with Gasteiger partial charge in [0.25, 0.3) is 0 Å². The lowest BCUT2D eigenvalue weighted by atomic mass is 10.00. The highest BCUT2D eigenvalue weighted by atomic mass is 19.1. The number of carbonyl (C=O) groups excluding carboxylic acids is 1. The molecule has 1 aliphatic heterocycles. The lowest BCUT2D eigenvalue weighted by molar-refractivity contribution is -0.127. The summed E-state index contributed by atoms with van der Waals surface area (Å²) in [4.78, 5) is 22.1. The molecule has 0 bridgehead atoms. The molecule has 1 atom stereocenters. The van der Waals surface area contributed by atoms with Crippen molar-refractivity contribution in [1.29, 1.82) is 10.7 Å². The molecule has 0 saturated carbocycles. The molecule has 4 rings (SSSR count). The van der Waals surface area contributed by atoms with Gasteiger partial charge in [0.2, 0.25) is 5.91 Å². The summed E-state index contributed by atoms with van der Waals surface area (Å²) in [6.45, 7) is 4.77. The third-order valence-electron chi connectivity index (χ3n) is 6.05. The van der Waals surface area contributed by atoms with Crippen LogP contribution in [0.25, 0.3) is 0 Å². The van der Waals surface area contributed by atoms with Gasteiger partial charge in [0.15, 0.2) is 0 Å². The minimum absolute atomic E-state index is 0.0311. The topological polar surface area (TPSA) is 141 Å². The number of ether oxygens (including phenoxy) is 1. The number of hydrogen-bond donors (Lipinski definition) is 3. The summed E-state index contributed by atoms with van der Waals surface area (Å²) in [5, 5.41) is 21.8. The number of rotatable bonds is 8. The molecule has 0 spiro atoms. The van der Waals surface area contributed by atoms with Gasteiger partial charge in [-0.2, -0.15) is 5.26 Å². The Balaban J connectivity index is 1.55. The highest BCUT2D eigenvalue weighted by Gasteiger charge is 2.25. The molecule has 4 N–H and O–H groups in total. The van der Waals surface area contributed by atoms with Crippen molar-refractivity contribution in [2.24, 2.45) is 0 Å². The number of nitriles is 1. The van der Waals surface area contributed by atoms with Crippen LogP contribution in [0.1, 0.15) is 35.1 Å². The first-order valence-corrected chi connectivity index (χ1v) is 11.7. The van der Waals surface area contributed by atoms with Crippen LogP contribution < -0.4 is 15.8 Å². The Morgan fingerprint density at radius 3 is 2.95 bits per heavy atom. The van der Waals surface area contributed by atoms with E-state index >= 15 is 0 Å². The predicted octanol–water partition coefficient (Wildman–Crippen LogP) is 3.65. The Labute approximate surface area is 213 Å². The zero-order valence-corrected chi connectivity index (χ0v) is 20.1. The number of nitrogens with zero attached hydrogens (tertiary/aromatic N) is 4. The maximum atomic E-state index is 13.4. The van der Waals surface area contributed by atoms with Gasteiger partial charge in [0, 0.05) is 24.7 Å². The lowest BCUT2D eigenvalue weighted by Crippen LogP contribution is -2.44. The van der Waals surface area contributed by atoms with Gasteiger partial charge in [-0.25, -0.2) is 14.4 Å². The molecule has 1 amide bonds. The van der Waals surface area contributed by atoms with Crippen molar-refractivity contribution in [3.05, 3.63) is 89.5 Å². The lowest BCUT2D eigenvalue weighted by Gasteiger charge is -2.33. The summed E-state index contributed by atoms with van der Waals surface area (Å²) >= 11 is 0. The number of piperidine rings is 1. The zero-order valence-electron chi connectivity index (χ0n) is 20.1. The number of nitrogens with two attached hydrogens (primary N) is 1. The number of likely N-dealkylation sites (tertiary alicyclic amines) is 1. The average molecular weight is 500 g/mol. The highest BCUT2D eigenvalue weighted by molar-refractivity contribution is 6.16. The molecule has 0 aliphatic carbocycles. The summed E-state index contributed by atoms with van der Waals surface area (Å²) in [7, 11) is 0. The van der Waals surface area contributed by atoms with Crippen molar-refractivity contribution in [2.45, 2.75) is 25.5 Å². The number of carbonyl (C=O) groups is 1. The second-order valence-corrected chi connectivity index (χ2v) is 8.57. The molecule has 37 heavy (non-hydrogen) atoms. The normalized spacial score (nSPS) is 14.9. The smallest absolute Gasteiger partial charge is 0.246 e. The van der Waals surface area contributed by atoms with Gasteiger partial charge < -0.3 is 20.7 Å². The van der Waals surface area contributed by atoms with Gasteiger partial charge in [-0.1, -0.05) is 18.7 Å². The molecule has 10 heteroatoms. The molecule has 2 aromatic carbocycles. The van der Waals surface area contributed by atoms with E-state index < -0.39 is 0 Å². The molecular formula is C27H26FN7O2. The fraction of sp³-hybridized carbons (Fsp3) is 0.222. The minimum atomic E-state index is -0.370. The average Bonchev–Trinajstić information content (AvgIpc) is 2.91. The van der Waals surface area contributed by atoms with Crippen LogP contribution in [0, 0.1) is 22.6 Å². The third-order valence-corrected chi connectivity index (χ3v) is 6.05. The van der Waals surface area contributed by atoms with Gasteiger partial charge in [0.1, 0.15) is 42.2 Å². The number of aromatic nitrogens is 2.